The van der Waals surface area contributed by atoms with E-state index in [1.807, 2.05) is 60.7 Å². The summed E-state index contributed by atoms with van der Waals surface area (Å²) >= 11 is 1.37. The van der Waals surface area contributed by atoms with Gasteiger partial charge in [-0.25, -0.2) is 14.5 Å². The highest BCUT2D eigenvalue weighted by Crippen LogP contribution is 2.46. The highest BCUT2D eigenvalue weighted by Gasteiger charge is 2.58. The topological polar surface area (TPSA) is 72.9 Å². The van der Waals surface area contributed by atoms with E-state index in [0.717, 1.165) is 15.4 Å². The number of hydrogen-bond donors (Lipinski definition) is 0. The predicted octanol–water partition coefficient (Wildman–Crippen LogP) is 4.86. The van der Waals surface area contributed by atoms with Gasteiger partial charge in [0.05, 0.1) is 6.61 Å². The first-order valence-electron chi connectivity index (χ1n) is 10.7. The summed E-state index contributed by atoms with van der Waals surface area (Å²) in [5.41, 5.74) is 0.131. The van der Waals surface area contributed by atoms with Gasteiger partial charge in [0, 0.05) is 11.3 Å². The Kier molecular flexibility index (Phi) is 7.29. The molecule has 0 bridgehead atoms. The lowest BCUT2D eigenvalue weighted by molar-refractivity contribution is -0.151. The molecule has 2 aromatic carbocycles. The van der Waals surface area contributed by atoms with Gasteiger partial charge in [0.25, 0.3) is 0 Å². The van der Waals surface area contributed by atoms with Gasteiger partial charge in [-0.15, -0.1) is 11.8 Å². The molecule has 7 heteroatoms. The highest BCUT2D eigenvalue weighted by atomic mass is 32.2. The molecule has 2 aromatic rings. The number of ether oxygens (including phenoxy) is 2. The second kappa shape index (κ2) is 9.77. The Hall–Kier alpha value is -2.80. The van der Waals surface area contributed by atoms with Crippen molar-refractivity contribution in [3.05, 3.63) is 66.2 Å². The largest absolute Gasteiger partial charge is 0.464 e. The van der Waals surface area contributed by atoms with Gasteiger partial charge in [0.2, 0.25) is 5.91 Å². The molecule has 0 spiro atoms. The van der Waals surface area contributed by atoms with Crippen LogP contribution in [0.15, 0.2) is 65.6 Å². The summed E-state index contributed by atoms with van der Waals surface area (Å²) < 4.78 is 9.66. The molecule has 0 N–H and O–H groups in total. The van der Waals surface area contributed by atoms with Crippen molar-refractivity contribution in [1.29, 1.82) is 0 Å². The van der Waals surface area contributed by atoms with Crippen LogP contribution in [-0.2, 0) is 25.5 Å². The standard InChI is InChI=1S/C25H29NO5S/c1-5-30-21(27)20-17-25(16-18-12-8-6-9-13-18,32-19-14-10-7-11-15-19)22(28)26(20)23(29)31-24(2,3)4/h6-15,20H,5,16-17H2,1-4H3/t20-,25+/m0/s1. The van der Waals surface area contributed by atoms with Crippen LogP contribution < -0.4 is 0 Å². The predicted molar refractivity (Wildman–Crippen MR) is 123 cm³/mol. The van der Waals surface area contributed by atoms with Crippen LogP contribution in [0.1, 0.15) is 39.7 Å². The average Bonchev–Trinajstić information content (AvgIpc) is 3.01. The van der Waals surface area contributed by atoms with Gasteiger partial charge in [-0.3, -0.25) is 4.79 Å². The Labute approximate surface area is 193 Å². The van der Waals surface area contributed by atoms with Crippen molar-refractivity contribution in [2.75, 3.05) is 6.61 Å². The van der Waals surface area contributed by atoms with E-state index < -0.39 is 34.4 Å². The third-order valence-corrected chi connectivity index (χ3v) is 6.37. The second-order valence-electron chi connectivity index (χ2n) is 8.70. The van der Waals surface area contributed by atoms with Crippen LogP contribution in [-0.4, -0.2) is 45.9 Å². The number of imide groups is 1. The molecule has 0 saturated carbocycles. The molecular formula is C25H29NO5S. The minimum absolute atomic E-state index is 0.137. The Bertz CT molecular complexity index is 914. The normalized spacial score (nSPS) is 20.8. The van der Waals surface area contributed by atoms with E-state index in [0.29, 0.717) is 6.42 Å². The van der Waals surface area contributed by atoms with Gasteiger partial charge in [-0.1, -0.05) is 48.5 Å². The third kappa shape index (κ3) is 5.51. The summed E-state index contributed by atoms with van der Waals surface area (Å²) in [7, 11) is 0. The molecule has 3 rings (SSSR count). The van der Waals surface area contributed by atoms with E-state index in [1.54, 1.807) is 27.7 Å². The van der Waals surface area contributed by atoms with E-state index in [4.69, 9.17) is 9.47 Å². The zero-order valence-corrected chi connectivity index (χ0v) is 19.7. The van der Waals surface area contributed by atoms with E-state index in [-0.39, 0.29) is 13.0 Å². The van der Waals surface area contributed by atoms with Crippen LogP contribution in [0.5, 0.6) is 0 Å². The van der Waals surface area contributed by atoms with Crippen LogP contribution >= 0.6 is 11.8 Å². The zero-order chi connectivity index (χ0) is 23.4. The maximum atomic E-state index is 13.9. The molecular weight excluding hydrogens is 426 g/mol. The first-order chi connectivity index (χ1) is 15.1. The van der Waals surface area contributed by atoms with Gasteiger partial charge < -0.3 is 9.47 Å². The molecule has 0 aromatic heterocycles. The average molecular weight is 456 g/mol. The van der Waals surface area contributed by atoms with Gasteiger partial charge >= 0.3 is 12.1 Å². The van der Waals surface area contributed by atoms with E-state index in [2.05, 4.69) is 0 Å². The summed E-state index contributed by atoms with van der Waals surface area (Å²) in [4.78, 5) is 41.6. The smallest absolute Gasteiger partial charge is 0.417 e. The maximum Gasteiger partial charge on any atom is 0.417 e. The number of rotatable bonds is 6. The van der Waals surface area contributed by atoms with Crippen LogP contribution in [0.4, 0.5) is 4.79 Å². The molecule has 6 nitrogen and oxygen atoms in total. The third-order valence-electron chi connectivity index (χ3n) is 4.98. The quantitative estimate of drug-likeness (QED) is 0.579. The number of amides is 2. The van der Waals surface area contributed by atoms with Gasteiger partial charge in [-0.05, 0) is 51.8 Å². The summed E-state index contributed by atoms with van der Waals surface area (Å²) in [5.74, 6) is -1.04. The minimum atomic E-state index is -1.06. The van der Waals surface area contributed by atoms with Crippen molar-refractivity contribution in [2.45, 2.75) is 61.8 Å². The molecule has 170 valence electrons. The number of thioether (sulfide) groups is 1. The SMILES string of the molecule is CCOC(=O)[C@@H]1C[C@@](Cc2ccccc2)(Sc2ccccc2)C(=O)N1C(=O)OC(C)(C)C. The molecule has 1 fully saturated rings. The van der Waals surface area contributed by atoms with E-state index in [9.17, 15) is 14.4 Å². The van der Waals surface area contributed by atoms with E-state index in [1.165, 1.54) is 11.8 Å². The molecule has 2 atom stereocenters. The van der Waals surface area contributed by atoms with Crippen LogP contribution in [0.2, 0.25) is 0 Å². The molecule has 32 heavy (non-hydrogen) atoms. The zero-order valence-electron chi connectivity index (χ0n) is 18.9. The lowest BCUT2D eigenvalue weighted by Crippen LogP contribution is -2.48. The summed E-state index contributed by atoms with van der Waals surface area (Å²) in [6.45, 7) is 7.02. The summed E-state index contributed by atoms with van der Waals surface area (Å²) in [6, 6.07) is 18.1. The second-order valence-corrected chi connectivity index (χ2v) is 10.2. The van der Waals surface area contributed by atoms with Crippen molar-refractivity contribution in [3.8, 4) is 0 Å². The van der Waals surface area contributed by atoms with Gasteiger partial charge in [0.1, 0.15) is 16.4 Å². The van der Waals surface area contributed by atoms with E-state index >= 15 is 0 Å². The highest BCUT2D eigenvalue weighted by molar-refractivity contribution is 8.01. The van der Waals surface area contributed by atoms with Crippen molar-refractivity contribution < 1.29 is 23.9 Å². The number of benzene rings is 2. The lowest BCUT2D eigenvalue weighted by atomic mass is 9.95. The molecule has 1 heterocycles. The number of carbonyl (C=O) groups excluding carboxylic acids is 3. The monoisotopic (exact) mass is 455 g/mol. The summed E-state index contributed by atoms with van der Waals surface area (Å²) in [5, 5.41) is 0. The molecule has 0 radical (unpaired) electrons. The van der Waals surface area contributed by atoms with Crippen LogP contribution in [0.3, 0.4) is 0 Å². The Morgan fingerprint density at radius 1 is 1.06 bits per heavy atom. The maximum absolute atomic E-state index is 13.9. The Balaban J connectivity index is 2.05. The first-order valence-corrected chi connectivity index (χ1v) is 11.5. The number of nitrogens with zero attached hydrogens (tertiary/aromatic N) is 1. The molecule has 0 aliphatic carbocycles. The van der Waals surface area contributed by atoms with Crippen LogP contribution in [0, 0.1) is 0 Å². The van der Waals surface area contributed by atoms with Crippen molar-refractivity contribution >= 4 is 29.7 Å². The fourth-order valence-corrected chi connectivity index (χ4v) is 5.12. The number of hydrogen-bond acceptors (Lipinski definition) is 6. The molecule has 1 saturated heterocycles. The van der Waals surface area contributed by atoms with Crippen molar-refractivity contribution in [2.24, 2.45) is 0 Å². The molecule has 1 aliphatic heterocycles. The molecule has 1 aliphatic rings. The van der Waals surface area contributed by atoms with Crippen molar-refractivity contribution in [3.63, 3.8) is 0 Å². The van der Waals surface area contributed by atoms with Gasteiger partial charge in [-0.2, -0.15) is 0 Å². The minimum Gasteiger partial charge on any atom is -0.464 e. The number of likely N-dealkylation sites (tertiary alicyclic amines) is 1. The fourth-order valence-electron chi connectivity index (χ4n) is 3.71. The molecule has 0 unspecified atom stereocenters. The van der Waals surface area contributed by atoms with Crippen molar-refractivity contribution in [1.82, 2.24) is 4.90 Å². The van der Waals surface area contributed by atoms with Crippen LogP contribution in [0.25, 0.3) is 0 Å². The Morgan fingerprint density at radius 2 is 1.66 bits per heavy atom. The summed E-state index contributed by atoms with van der Waals surface area (Å²) in [6.07, 6.45) is -0.330. The number of carbonyl (C=O) groups is 3. The van der Waals surface area contributed by atoms with Gasteiger partial charge in [0.15, 0.2) is 0 Å². The number of esters is 1. The lowest BCUT2D eigenvalue weighted by Gasteiger charge is -2.28. The Morgan fingerprint density at radius 3 is 2.22 bits per heavy atom. The first kappa shape index (κ1) is 23.9. The molecule has 2 amide bonds. The fraction of sp³-hybridized carbons (Fsp3) is 0.400.